The molecule has 19 heavy (non-hydrogen) atoms. The third-order valence-electron chi connectivity index (χ3n) is 4.02. The minimum absolute atomic E-state index is 0.0769. The second-order valence-electron chi connectivity index (χ2n) is 5.58. The van der Waals surface area contributed by atoms with E-state index in [0.29, 0.717) is 4.99 Å². The van der Waals surface area contributed by atoms with Gasteiger partial charge in [-0.1, -0.05) is 44.1 Å². The third kappa shape index (κ3) is 2.78. The van der Waals surface area contributed by atoms with E-state index in [2.05, 4.69) is 5.32 Å². The van der Waals surface area contributed by atoms with Crippen molar-refractivity contribution in [2.24, 2.45) is 11.1 Å². The monoisotopic (exact) mass is 276 g/mol. The van der Waals surface area contributed by atoms with Gasteiger partial charge < -0.3 is 11.1 Å². The zero-order valence-corrected chi connectivity index (χ0v) is 12.3. The summed E-state index contributed by atoms with van der Waals surface area (Å²) in [5.41, 5.74) is 7.99. The van der Waals surface area contributed by atoms with Gasteiger partial charge in [0.15, 0.2) is 0 Å². The number of anilines is 1. The lowest BCUT2D eigenvalue weighted by atomic mass is 9.87. The Balaban J connectivity index is 2.26. The molecule has 0 aromatic heterocycles. The molecule has 1 aromatic rings. The van der Waals surface area contributed by atoms with Gasteiger partial charge in [0.25, 0.3) is 0 Å². The van der Waals surface area contributed by atoms with Crippen LogP contribution in [-0.4, -0.2) is 10.9 Å². The normalized spacial score (nSPS) is 17.2. The molecule has 0 saturated heterocycles. The number of hydrogen-bond donors (Lipinski definition) is 2. The highest BCUT2D eigenvalue weighted by Crippen LogP contribution is 2.38. The standard InChI is InChI=1S/C15H20N2OS/c1-10-6-5-7-11(12(10)13(16)19)17-14(18)15(2)8-3-4-9-15/h5-7H,3-4,8-9H2,1-2H3,(H2,16,19)(H,17,18). The van der Waals surface area contributed by atoms with E-state index in [1.807, 2.05) is 32.0 Å². The quantitative estimate of drug-likeness (QED) is 0.834. The van der Waals surface area contributed by atoms with E-state index in [9.17, 15) is 4.79 Å². The molecule has 0 unspecified atom stereocenters. The first-order chi connectivity index (χ1) is 8.94. The van der Waals surface area contributed by atoms with E-state index < -0.39 is 0 Å². The van der Waals surface area contributed by atoms with E-state index in [-0.39, 0.29) is 11.3 Å². The van der Waals surface area contributed by atoms with E-state index in [1.54, 1.807) is 0 Å². The van der Waals surface area contributed by atoms with Gasteiger partial charge in [-0.3, -0.25) is 4.79 Å². The average molecular weight is 276 g/mol. The number of hydrogen-bond acceptors (Lipinski definition) is 2. The number of thiocarbonyl (C=S) groups is 1. The van der Waals surface area contributed by atoms with Gasteiger partial charge in [0.1, 0.15) is 4.99 Å². The average Bonchev–Trinajstić information content (AvgIpc) is 2.77. The molecule has 0 atom stereocenters. The fourth-order valence-corrected chi connectivity index (χ4v) is 3.03. The Morgan fingerprint density at radius 3 is 2.58 bits per heavy atom. The number of carbonyl (C=O) groups is 1. The van der Waals surface area contributed by atoms with Crippen molar-refractivity contribution < 1.29 is 4.79 Å². The zero-order chi connectivity index (χ0) is 14.0. The highest BCUT2D eigenvalue weighted by atomic mass is 32.1. The Hall–Kier alpha value is -1.42. The Bertz CT molecular complexity index is 519. The van der Waals surface area contributed by atoms with Crippen molar-refractivity contribution in [3.63, 3.8) is 0 Å². The minimum Gasteiger partial charge on any atom is -0.389 e. The Morgan fingerprint density at radius 2 is 2.00 bits per heavy atom. The maximum Gasteiger partial charge on any atom is 0.230 e. The summed E-state index contributed by atoms with van der Waals surface area (Å²) in [6, 6.07) is 5.71. The predicted molar refractivity (Wildman–Crippen MR) is 82.3 cm³/mol. The van der Waals surface area contributed by atoms with Crippen LogP contribution in [0.25, 0.3) is 0 Å². The summed E-state index contributed by atoms with van der Waals surface area (Å²) >= 11 is 5.08. The molecular weight excluding hydrogens is 256 g/mol. The second-order valence-corrected chi connectivity index (χ2v) is 6.02. The molecule has 0 bridgehead atoms. The van der Waals surface area contributed by atoms with E-state index in [4.69, 9.17) is 18.0 Å². The van der Waals surface area contributed by atoms with Gasteiger partial charge in [-0.15, -0.1) is 0 Å². The molecule has 1 fully saturated rings. The van der Waals surface area contributed by atoms with Gasteiger partial charge in [0, 0.05) is 11.0 Å². The summed E-state index contributed by atoms with van der Waals surface area (Å²) in [5.74, 6) is 0.0769. The van der Waals surface area contributed by atoms with Gasteiger partial charge in [-0.05, 0) is 31.4 Å². The van der Waals surface area contributed by atoms with Crippen LogP contribution in [0, 0.1) is 12.3 Å². The summed E-state index contributed by atoms with van der Waals surface area (Å²) in [5, 5.41) is 3.01. The van der Waals surface area contributed by atoms with Crippen LogP contribution in [0.5, 0.6) is 0 Å². The summed E-state index contributed by atoms with van der Waals surface area (Å²) in [4.78, 5) is 12.8. The smallest absolute Gasteiger partial charge is 0.230 e. The Morgan fingerprint density at radius 1 is 1.37 bits per heavy atom. The lowest BCUT2D eigenvalue weighted by Crippen LogP contribution is -2.31. The molecule has 0 spiro atoms. The summed E-state index contributed by atoms with van der Waals surface area (Å²) in [7, 11) is 0. The molecule has 0 aliphatic heterocycles. The summed E-state index contributed by atoms with van der Waals surface area (Å²) < 4.78 is 0. The van der Waals surface area contributed by atoms with Crippen molar-refractivity contribution in [3.05, 3.63) is 29.3 Å². The minimum atomic E-state index is -0.253. The van der Waals surface area contributed by atoms with Gasteiger partial charge >= 0.3 is 0 Å². The summed E-state index contributed by atoms with van der Waals surface area (Å²) in [6.45, 7) is 3.98. The van der Waals surface area contributed by atoms with Crippen LogP contribution < -0.4 is 11.1 Å². The highest BCUT2D eigenvalue weighted by molar-refractivity contribution is 7.80. The van der Waals surface area contributed by atoms with Crippen LogP contribution in [-0.2, 0) is 4.79 Å². The molecule has 4 heteroatoms. The Labute approximate surface area is 119 Å². The molecule has 0 radical (unpaired) electrons. The first-order valence-corrected chi connectivity index (χ1v) is 7.06. The van der Waals surface area contributed by atoms with Crippen molar-refractivity contribution in [2.75, 3.05) is 5.32 Å². The SMILES string of the molecule is Cc1cccc(NC(=O)C2(C)CCCC2)c1C(N)=S. The Kier molecular flexibility index (Phi) is 3.90. The van der Waals surface area contributed by atoms with Crippen LogP contribution in [0.1, 0.15) is 43.7 Å². The molecule has 1 aliphatic carbocycles. The summed E-state index contributed by atoms with van der Waals surface area (Å²) in [6.07, 6.45) is 4.15. The topological polar surface area (TPSA) is 55.1 Å². The molecule has 3 N–H and O–H groups in total. The molecule has 102 valence electrons. The van der Waals surface area contributed by atoms with Gasteiger partial charge in [0.2, 0.25) is 5.91 Å². The van der Waals surface area contributed by atoms with Crippen molar-refractivity contribution in [3.8, 4) is 0 Å². The van der Waals surface area contributed by atoms with Gasteiger partial charge in [-0.25, -0.2) is 0 Å². The van der Waals surface area contributed by atoms with Crippen LogP contribution in [0.4, 0.5) is 5.69 Å². The van der Waals surface area contributed by atoms with E-state index >= 15 is 0 Å². The van der Waals surface area contributed by atoms with Crippen molar-refractivity contribution in [1.29, 1.82) is 0 Å². The lowest BCUT2D eigenvalue weighted by molar-refractivity contribution is -0.124. The van der Waals surface area contributed by atoms with Crippen LogP contribution >= 0.6 is 12.2 Å². The molecule has 0 heterocycles. The molecule has 1 saturated carbocycles. The maximum atomic E-state index is 12.4. The van der Waals surface area contributed by atoms with Crippen LogP contribution in [0.15, 0.2) is 18.2 Å². The molecule has 1 aromatic carbocycles. The number of nitrogens with one attached hydrogen (secondary N) is 1. The molecule has 1 amide bonds. The van der Waals surface area contributed by atoms with Crippen LogP contribution in [0.2, 0.25) is 0 Å². The predicted octanol–water partition coefficient (Wildman–Crippen LogP) is 3.15. The fraction of sp³-hybridized carbons (Fsp3) is 0.467. The second kappa shape index (κ2) is 5.29. The van der Waals surface area contributed by atoms with Crippen molar-refractivity contribution in [1.82, 2.24) is 0 Å². The fourth-order valence-electron chi connectivity index (χ4n) is 2.75. The lowest BCUT2D eigenvalue weighted by Gasteiger charge is -2.23. The largest absolute Gasteiger partial charge is 0.389 e. The molecule has 3 nitrogen and oxygen atoms in total. The maximum absolute atomic E-state index is 12.4. The van der Waals surface area contributed by atoms with E-state index in [1.165, 1.54) is 0 Å². The number of nitrogens with two attached hydrogens (primary N) is 1. The molecule has 1 aliphatic rings. The zero-order valence-electron chi connectivity index (χ0n) is 11.5. The molecular formula is C15H20N2OS. The van der Waals surface area contributed by atoms with Crippen LogP contribution in [0.3, 0.4) is 0 Å². The molecule has 2 rings (SSSR count). The first-order valence-electron chi connectivity index (χ1n) is 6.65. The van der Waals surface area contributed by atoms with Crippen molar-refractivity contribution in [2.45, 2.75) is 39.5 Å². The number of carbonyl (C=O) groups excluding carboxylic acids is 1. The number of aryl methyl sites for hydroxylation is 1. The number of rotatable bonds is 3. The van der Waals surface area contributed by atoms with Gasteiger partial charge in [-0.2, -0.15) is 0 Å². The third-order valence-corrected chi connectivity index (χ3v) is 4.23. The van der Waals surface area contributed by atoms with Crippen molar-refractivity contribution >= 4 is 28.8 Å². The number of amides is 1. The first kappa shape index (κ1) is 14.0. The number of benzene rings is 1. The highest BCUT2D eigenvalue weighted by Gasteiger charge is 2.36. The van der Waals surface area contributed by atoms with Gasteiger partial charge in [0.05, 0.1) is 5.69 Å². The van der Waals surface area contributed by atoms with E-state index in [0.717, 1.165) is 42.5 Å².